The molecule has 0 heterocycles. The van der Waals surface area contributed by atoms with Crippen molar-refractivity contribution in [2.75, 3.05) is 0 Å². The molecule has 0 aromatic carbocycles. The molecule has 0 aromatic heterocycles. The van der Waals surface area contributed by atoms with Crippen molar-refractivity contribution in [2.24, 2.45) is 0 Å². The SMILES string of the molecule is [CH2-][C@@H](C)NC(=O)OC(C)(C)C.[Zn+][I]. The second kappa shape index (κ2) is 7.98. The fraction of sp³-hybridized carbons (Fsp3) is 0.750. The van der Waals surface area contributed by atoms with Crippen molar-refractivity contribution < 1.29 is 24.3 Å². The third-order valence-corrected chi connectivity index (χ3v) is 0.763. The Morgan fingerprint density at radius 3 is 2.15 bits per heavy atom. The maximum absolute atomic E-state index is 10.9. The van der Waals surface area contributed by atoms with Crippen LogP contribution in [-0.2, 0) is 19.5 Å². The van der Waals surface area contributed by atoms with Gasteiger partial charge in [0.05, 0.1) is 0 Å². The van der Waals surface area contributed by atoms with Gasteiger partial charge in [-0.2, -0.15) is 0 Å². The summed E-state index contributed by atoms with van der Waals surface area (Å²) in [5, 5.41) is 2.53. The molecule has 1 amide bonds. The van der Waals surface area contributed by atoms with Gasteiger partial charge < -0.3 is 17.0 Å². The van der Waals surface area contributed by atoms with Gasteiger partial charge in [0.2, 0.25) is 0 Å². The van der Waals surface area contributed by atoms with Gasteiger partial charge in [-0.15, -0.1) is 0 Å². The third-order valence-electron chi connectivity index (χ3n) is 0.763. The van der Waals surface area contributed by atoms with Crippen molar-refractivity contribution in [3.8, 4) is 0 Å². The van der Waals surface area contributed by atoms with Gasteiger partial charge in [0.1, 0.15) is 5.60 Å². The van der Waals surface area contributed by atoms with Gasteiger partial charge in [-0.05, 0) is 20.8 Å². The number of rotatable bonds is 1. The minimum absolute atomic E-state index is 0.121. The molecule has 0 aromatic rings. The molecule has 0 saturated heterocycles. The van der Waals surface area contributed by atoms with Crippen molar-refractivity contribution in [1.29, 1.82) is 0 Å². The van der Waals surface area contributed by atoms with Crippen LogP contribution >= 0.6 is 19.8 Å². The molecule has 0 rings (SSSR count). The van der Waals surface area contributed by atoms with Crippen molar-refractivity contribution in [3.63, 3.8) is 0 Å². The molecular weight excluding hydrogens is 334 g/mol. The number of carbonyl (C=O) groups excluding carboxylic acids is 1. The number of hydrogen-bond donors (Lipinski definition) is 1. The number of alkyl carbamates (subject to hydrolysis) is 1. The van der Waals surface area contributed by atoms with Crippen LogP contribution in [0.4, 0.5) is 4.79 Å². The van der Waals surface area contributed by atoms with Gasteiger partial charge >= 0.3 is 40.6 Å². The zero-order valence-electron chi connectivity index (χ0n) is 8.69. The van der Waals surface area contributed by atoms with E-state index >= 15 is 0 Å². The monoisotopic (exact) mass is 349 g/mol. The van der Waals surface area contributed by atoms with Crippen molar-refractivity contribution in [1.82, 2.24) is 5.32 Å². The number of halogens is 1. The first-order valence-corrected chi connectivity index (χ1v) is 13.0. The Morgan fingerprint density at radius 1 is 1.54 bits per heavy atom. The molecule has 0 radical (unpaired) electrons. The summed E-state index contributed by atoms with van der Waals surface area (Å²) >= 11 is 3.62. The van der Waals surface area contributed by atoms with Crippen molar-refractivity contribution >= 4 is 25.8 Å². The summed E-state index contributed by atoms with van der Waals surface area (Å²) in [4.78, 5) is 10.9. The second-order valence-electron chi connectivity index (χ2n) is 3.55. The van der Waals surface area contributed by atoms with E-state index in [-0.39, 0.29) is 6.04 Å². The van der Waals surface area contributed by atoms with E-state index < -0.39 is 11.7 Å². The Bertz CT molecular complexity index is 146. The van der Waals surface area contributed by atoms with Crippen LogP contribution in [0.3, 0.4) is 0 Å². The van der Waals surface area contributed by atoms with Gasteiger partial charge in [0.25, 0.3) is 0 Å². The van der Waals surface area contributed by atoms with E-state index in [2.05, 4.69) is 32.0 Å². The molecule has 13 heavy (non-hydrogen) atoms. The molecule has 0 unspecified atom stereocenters. The quantitative estimate of drug-likeness (QED) is 0.448. The maximum atomic E-state index is 10.9. The Kier molecular flexibility index (Phi) is 9.86. The van der Waals surface area contributed by atoms with Gasteiger partial charge in [-0.1, -0.05) is 13.0 Å². The Morgan fingerprint density at radius 2 is 1.92 bits per heavy atom. The standard InChI is InChI=1S/C8H16NO2.HI.Zn/c1-6(2)9-7(10)11-8(3,4)5;;/h6H,1H2,2-5H3,(H,9,10);1H;/q-1;;+2/p-1/t6-;;/m0../s1. The molecule has 0 fully saturated rings. The molecule has 1 atom stereocenters. The Hall–Kier alpha value is 0.623. The first-order valence-electron chi connectivity index (χ1n) is 3.90. The third kappa shape index (κ3) is 15.4. The van der Waals surface area contributed by atoms with Crippen LogP contribution in [0.5, 0.6) is 0 Å². The van der Waals surface area contributed by atoms with Gasteiger partial charge in [0, 0.05) is 0 Å². The molecule has 0 aliphatic heterocycles. The fourth-order valence-electron chi connectivity index (χ4n) is 0.509. The number of amides is 1. The molecule has 74 valence electrons. The van der Waals surface area contributed by atoms with Gasteiger partial charge in [-0.25, -0.2) is 4.79 Å². The molecular formula is C8H16INO2Zn. The first-order chi connectivity index (χ1) is 5.81. The number of ether oxygens (including phenoxy) is 1. The van der Waals surface area contributed by atoms with Crippen LogP contribution in [-0.4, -0.2) is 17.7 Å². The summed E-state index contributed by atoms with van der Waals surface area (Å²) < 4.78 is 4.96. The molecule has 0 aliphatic carbocycles. The molecule has 5 heteroatoms. The normalized spacial score (nSPS) is 12.3. The first kappa shape index (κ1) is 16.1. The topological polar surface area (TPSA) is 38.3 Å². The summed E-state index contributed by atoms with van der Waals surface area (Å²) in [5.41, 5.74) is -0.432. The van der Waals surface area contributed by atoms with Gasteiger partial charge in [-0.3, -0.25) is 0 Å². The molecule has 0 bridgehead atoms. The van der Waals surface area contributed by atoms with E-state index in [1.54, 1.807) is 6.92 Å². The second-order valence-corrected chi connectivity index (χ2v) is 3.55. The van der Waals surface area contributed by atoms with E-state index in [1.807, 2.05) is 20.8 Å². The number of carbonyl (C=O) groups is 1. The van der Waals surface area contributed by atoms with Crippen molar-refractivity contribution in [2.45, 2.75) is 39.3 Å². The number of hydrogen-bond acceptors (Lipinski definition) is 2. The van der Waals surface area contributed by atoms with Crippen LogP contribution in [0, 0.1) is 6.92 Å². The molecule has 0 spiro atoms. The zero-order valence-corrected chi connectivity index (χ0v) is 13.8. The molecule has 1 N–H and O–H groups in total. The Balaban J connectivity index is 0. The van der Waals surface area contributed by atoms with E-state index in [0.717, 1.165) is 0 Å². The fourth-order valence-corrected chi connectivity index (χ4v) is 0.509. The minimum atomic E-state index is -0.432. The summed E-state index contributed by atoms with van der Waals surface area (Å²) in [5.74, 6) is 0. The average molecular weight is 351 g/mol. The zero-order chi connectivity index (χ0) is 11.1. The van der Waals surface area contributed by atoms with Crippen LogP contribution in [0.15, 0.2) is 0 Å². The van der Waals surface area contributed by atoms with E-state index in [0.29, 0.717) is 0 Å². The summed E-state index contributed by atoms with van der Waals surface area (Å²) in [6.45, 7) is 10.8. The molecule has 0 saturated carbocycles. The van der Waals surface area contributed by atoms with E-state index in [4.69, 9.17) is 4.74 Å². The molecule has 3 nitrogen and oxygen atoms in total. The summed E-state index contributed by atoms with van der Waals surface area (Å²) in [6.07, 6.45) is -0.417. The number of nitrogens with one attached hydrogen (secondary N) is 1. The van der Waals surface area contributed by atoms with Gasteiger partial charge in [0.15, 0.2) is 0 Å². The van der Waals surface area contributed by atoms with Crippen LogP contribution in [0.25, 0.3) is 0 Å². The van der Waals surface area contributed by atoms with E-state index in [9.17, 15) is 4.79 Å². The summed E-state index contributed by atoms with van der Waals surface area (Å²) in [6, 6.07) is -0.121. The predicted octanol–water partition coefficient (Wildman–Crippen LogP) is 2.62. The van der Waals surface area contributed by atoms with E-state index in [1.165, 1.54) is 14.8 Å². The molecule has 0 aliphatic rings. The predicted molar refractivity (Wildman–Crippen MR) is 58.2 cm³/mol. The van der Waals surface area contributed by atoms with Crippen LogP contribution < -0.4 is 5.32 Å². The summed E-state index contributed by atoms with van der Waals surface area (Å²) in [7, 11) is 0. The van der Waals surface area contributed by atoms with Crippen LogP contribution in [0.2, 0.25) is 0 Å². The average Bonchev–Trinajstić information content (AvgIpc) is 1.85. The van der Waals surface area contributed by atoms with Crippen LogP contribution in [0.1, 0.15) is 27.7 Å². The van der Waals surface area contributed by atoms with Crippen molar-refractivity contribution in [3.05, 3.63) is 6.92 Å². The Labute approximate surface area is 101 Å².